The number of hydrogen-bond donors (Lipinski definition) is 0. The van der Waals surface area contributed by atoms with E-state index in [0.29, 0.717) is 0 Å². The largest absolute Gasteiger partial charge is 0.355 e. The Bertz CT molecular complexity index is 835. The third kappa shape index (κ3) is 5.48. The molecule has 29 heavy (non-hydrogen) atoms. The number of allylic oxidation sites excluding steroid dienone is 1. The van der Waals surface area contributed by atoms with Gasteiger partial charge in [0.2, 0.25) is 0 Å². The molecule has 0 amide bonds. The molecule has 0 N–H and O–H groups in total. The fraction of sp³-hybridized carbons (Fsp3) is 0.400. The minimum Gasteiger partial charge on any atom is -0.355 e. The maximum Gasteiger partial charge on any atom is 0.141 e. The van der Waals surface area contributed by atoms with Gasteiger partial charge in [-0.25, -0.2) is 4.98 Å². The first kappa shape index (κ1) is 22.7. The zero-order valence-electron chi connectivity index (χ0n) is 18.7. The number of pyridine rings is 1. The highest BCUT2D eigenvalue weighted by Crippen LogP contribution is 2.30. The third-order valence-electron chi connectivity index (χ3n) is 5.08. The summed E-state index contributed by atoms with van der Waals surface area (Å²) in [6.45, 7) is 16.8. The van der Waals surface area contributed by atoms with E-state index < -0.39 is 0 Å². The van der Waals surface area contributed by atoms with E-state index >= 15 is 0 Å². The van der Waals surface area contributed by atoms with Gasteiger partial charge in [-0.2, -0.15) is 0 Å². The minimum atomic E-state index is 1.05. The molecule has 156 valence electrons. The zero-order chi connectivity index (χ0) is 21.2. The SMILES string of the molecule is C=CC.CC.Cc1c(N2CCN(Cc3ccccc3)CC2)n(C)c2ncccc12. The summed E-state index contributed by atoms with van der Waals surface area (Å²) in [5.74, 6) is 1.32. The van der Waals surface area contributed by atoms with Crippen LogP contribution in [0.25, 0.3) is 11.0 Å². The van der Waals surface area contributed by atoms with Crippen LogP contribution in [-0.4, -0.2) is 40.6 Å². The van der Waals surface area contributed by atoms with Gasteiger partial charge in [-0.05, 0) is 31.5 Å². The average molecular weight is 393 g/mol. The van der Waals surface area contributed by atoms with Crippen molar-refractivity contribution in [2.45, 2.75) is 34.2 Å². The van der Waals surface area contributed by atoms with Crippen molar-refractivity contribution in [3.63, 3.8) is 0 Å². The third-order valence-corrected chi connectivity index (χ3v) is 5.08. The van der Waals surface area contributed by atoms with Gasteiger partial charge in [-0.15, -0.1) is 6.58 Å². The van der Waals surface area contributed by atoms with Crippen molar-refractivity contribution < 1.29 is 0 Å². The van der Waals surface area contributed by atoms with E-state index in [-0.39, 0.29) is 0 Å². The average Bonchev–Trinajstić information content (AvgIpc) is 3.02. The van der Waals surface area contributed by atoms with E-state index in [2.05, 4.69) is 76.3 Å². The lowest BCUT2D eigenvalue weighted by Crippen LogP contribution is -2.46. The van der Waals surface area contributed by atoms with Gasteiger partial charge >= 0.3 is 0 Å². The first-order valence-electron chi connectivity index (χ1n) is 10.6. The van der Waals surface area contributed by atoms with Crippen molar-refractivity contribution in [2.24, 2.45) is 7.05 Å². The highest BCUT2D eigenvalue weighted by Gasteiger charge is 2.22. The molecule has 1 saturated heterocycles. The predicted octanol–water partition coefficient (Wildman–Crippen LogP) is 5.42. The second kappa shape index (κ2) is 11.4. The molecule has 1 fully saturated rings. The molecule has 3 aromatic rings. The first-order valence-corrected chi connectivity index (χ1v) is 10.6. The highest BCUT2D eigenvalue weighted by atomic mass is 15.3. The van der Waals surface area contributed by atoms with Crippen LogP contribution >= 0.6 is 0 Å². The Morgan fingerprint density at radius 2 is 1.62 bits per heavy atom. The van der Waals surface area contributed by atoms with Crippen molar-refractivity contribution in [3.8, 4) is 0 Å². The van der Waals surface area contributed by atoms with Crippen molar-refractivity contribution in [1.82, 2.24) is 14.5 Å². The lowest BCUT2D eigenvalue weighted by Gasteiger charge is -2.36. The molecule has 0 atom stereocenters. The molecule has 1 aromatic carbocycles. The van der Waals surface area contributed by atoms with Gasteiger partial charge in [0.1, 0.15) is 11.5 Å². The van der Waals surface area contributed by atoms with Crippen LogP contribution in [0.2, 0.25) is 0 Å². The topological polar surface area (TPSA) is 24.3 Å². The Balaban J connectivity index is 0.000000551. The number of hydrogen-bond acceptors (Lipinski definition) is 3. The van der Waals surface area contributed by atoms with Gasteiger partial charge in [0.15, 0.2) is 0 Å². The van der Waals surface area contributed by atoms with E-state index in [1.165, 1.54) is 22.3 Å². The number of nitrogens with zero attached hydrogens (tertiary/aromatic N) is 4. The minimum absolute atomic E-state index is 1.05. The Labute approximate surface area is 176 Å². The molecule has 4 nitrogen and oxygen atoms in total. The van der Waals surface area contributed by atoms with Crippen molar-refractivity contribution in [3.05, 3.63) is 72.4 Å². The van der Waals surface area contributed by atoms with Gasteiger partial charge in [0, 0.05) is 56.9 Å². The Hall–Kier alpha value is -2.59. The molecule has 0 spiro atoms. The van der Waals surface area contributed by atoms with Crippen molar-refractivity contribution in [1.29, 1.82) is 0 Å². The van der Waals surface area contributed by atoms with Gasteiger partial charge in [0.05, 0.1) is 0 Å². The van der Waals surface area contributed by atoms with Crippen LogP contribution in [0.1, 0.15) is 31.9 Å². The number of fused-ring (bicyclic) bond motifs is 1. The molecular weight excluding hydrogens is 356 g/mol. The van der Waals surface area contributed by atoms with Crippen LogP contribution in [0.3, 0.4) is 0 Å². The zero-order valence-corrected chi connectivity index (χ0v) is 18.7. The Morgan fingerprint density at radius 3 is 2.21 bits per heavy atom. The summed E-state index contributed by atoms with van der Waals surface area (Å²) in [7, 11) is 2.13. The standard InChI is InChI=1S/C20H24N4.C3H6.C2H6/c1-16-18-9-6-10-21-19(18)22(2)20(16)24-13-11-23(12-14-24)15-17-7-4-3-5-8-17;1-3-2;1-2/h3-10H,11-15H2,1-2H3;3H,1H2,2H3;1-2H3. The van der Waals surface area contributed by atoms with E-state index in [1.54, 1.807) is 6.08 Å². The fourth-order valence-electron chi connectivity index (χ4n) is 3.84. The lowest BCUT2D eigenvalue weighted by molar-refractivity contribution is 0.249. The maximum absolute atomic E-state index is 4.55. The van der Waals surface area contributed by atoms with Crippen LogP contribution in [0.5, 0.6) is 0 Å². The molecule has 3 heterocycles. The van der Waals surface area contributed by atoms with Crippen LogP contribution in [0.4, 0.5) is 5.82 Å². The van der Waals surface area contributed by atoms with Gasteiger partial charge in [-0.1, -0.05) is 50.3 Å². The summed E-state index contributed by atoms with van der Waals surface area (Å²) in [4.78, 5) is 9.61. The molecule has 0 aliphatic carbocycles. The molecule has 2 aromatic heterocycles. The summed E-state index contributed by atoms with van der Waals surface area (Å²) in [6.07, 6.45) is 3.63. The summed E-state index contributed by atoms with van der Waals surface area (Å²) >= 11 is 0. The van der Waals surface area contributed by atoms with Crippen LogP contribution in [0, 0.1) is 6.92 Å². The Morgan fingerprint density at radius 1 is 1.00 bits per heavy atom. The molecule has 0 radical (unpaired) electrons. The van der Waals surface area contributed by atoms with Crippen molar-refractivity contribution in [2.75, 3.05) is 31.1 Å². The molecule has 0 unspecified atom stereocenters. The Kier molecular flexibility index (Phi) is 8.94. The maximum atomic E-state index is 4.55. The van der Waals surface area contributed by atoms with Crippen LogP contribution < -0.4 is 4.90 Å². The second-order valence-corrected chi connectivity index (χ2v) is 7.04. The molecule has 4 rings (SSSR count). The van der Waals surface area contributed by atoms with E-state index in [0.717, 1.165) is 38.4 Å². The predicted molar refractivity (Wildman–Crippen MR) is 127 cm³/mol. The van der Waals surface area contributed by atoms with E-state index in [4.69, 9.17) is 0 Å². The number of aryl methyl sites for hydroxylation is 2. The smallest absolute Gasteiger partial charge is 0.141 e. The first-order chi connectivity index (χ1) is 14.2. The molecule has 1 aliphatic rings. The summed E-state index contributed by atoms with van der Waals surface area (Å²) in [5, 5.41) is 1.27. The lowest BCUT2D eigenvalue weighted by atomic mass is 10.2. The van der Waals surface area contributed by atoms with Gasteiger partial charge in [0.25, 0.3) is 0 Å². The molecule has 0 saturated carbocycles. The number of anilines is 1. The van der Waals surface area contributed by atoms with E-state index in [1.807, 2.05) is 33.0 Å². The molecule has 1 aliphatic heterocycles. The summed E-state index contributed by atoms with van der Waals surface area (Å²) in [6, 6.07) is 15.0. The summed E-state index contributed by atoms with van der Waals surface area (Å²) in [5.41, 5.74) is 3.82. The number of rotatable bonds is 3. The quantitative estimate of drug-likeness (QED) is 0.556. The molecule has 4 heteroatoms. The van der Waals surface area contributed by atoms with E-state index in [9.17, 15) is 0 Å². The van der Waals surface area contributed by atoms with Crippen LogP contribution in [0.15, 0.2) is 61.3 Å². The monoisotopic (exact) mass is 392 g/mol. The molecule has 0 bridgehead atoms. The van der Waals surface area contributed by atoms with Gasteiger partial charge in [-0.3, -0.25) is 4.90 Å². The number of benzene rings is 1. The van der Waals surface area contributed by atoms with Crippen LogP contribution in [-0.2, 0) is 13.6 Å². The normalized spacial score (nSPS) is 13.9. The number of aromatic nitrogens is 2. The van der Waals surface area contributed by atoms with Gasteiger partial charge < -0.3 is 9.47 Å². The summed E-state index contributed by atoms with van der Waals surface area (Å²) < 4.78 is 2.25. The molecular formula is C25H36N4. The highest BCUT2D eigenvalue weighted by molar-refractivity contribution is 5.86. The number of piperazine rings is 1. The second-order valence-electron chi connectivity index (χ2n) is 7.04. The fourth-order valence-corrected chi connectivity index (χ4v) is 3.84. The van der Waals surface area contributed by atoms with Crippen molar-refractivity contribution >= 4 is 16.9 Å².